The van der Waals surface area contributed by atoms with Gasteiger partial charge in [0.05, 0.1) is 17.3 Å². The zero-order valence-electron chi connectivity index (χ0n) is 19.7. The minimum Gasteiger partial charge on any atom is -0.273 e. The summed E-state index contributed by atoms with van der Waals surface area (Å²) in [5.41, 5.74) is 5.36. The number of fused-ring (bicyclic) bond motifs is 2. The summed E-state index contributed by atoms with van der Waals surface area (Å²) in [5, 5.41) is 12.2. The van der Waals surface area contributed by atoms with Crippen LogP contribution in [-0.2, 0) is 27.3 Å². The molecule has 0 bridgehead atoms. The SMILES string of the molecule is Cc1ccc(C2C3C(=O)N(c4sc5c(c4C#N)CCCC5)C(=O)C3ON2c2ccccc2C)cc1. The summed E-state index contributed by atoms with van der Waals surface area (Å²) in [6, 6.07) is 17.7. The lowest BCUT2D eigenvalue weighted by molar-refractivity contribution is -0.126. The number of carbonyl (C=O) groups is 2. The molecule has 1 aliphatic carbocycles. The number of rotatable bonds is 3. The standard InChI is InChI=1S/C28H25N3O3S/c1-16-11-13-18(14-12-16)24-23-25(34-31(24)21-9-5-3-7-17(21)2)27(33)30(26(23)32)28-20(15-29)19-8-4-6-10-22(19)35-28/h3,5,7,9,11-14,23-25H,4,6,8,10H2,1-2H3. The fourth-order valence-corrected chi connectivity index (χ4v) is 6.91. The summed E-state index contributed by atoms with van der Waals surface area (Å²) in [5.74, 6) is -1.38. The molecule has 3 heterocycles. The van der Waals surface area contributed by atoms with Crippen LogP contribution in [0, 0.1) is 31.1 Å². The van der Waals surface area contributed by atoms with Crippen molar-refractivity contribution in [2.45, 2.75) is 51.7 Å². The van der Waals surface area contributed by atoms with E-state index >= 15 is 0 Å². The number of para-hydroxylation sites is 1. The van der Waals surface area contributed by atoms with Crippen LogP contribution in [0.2, 0.25) is 0 Å². The molecule has 2 saturated heterocycles. The predicted octanol–water partition coefficient (Wildman–Crippen LogP) is 5.17. The van der Waals surface area contributed by atoms with E-state index in [2.05, 4.69) is 6.07 Å². The number of benzene rings is 2. The molecule has 35 heavy (non-hydrogen) atoms. The van der Waals surface area contributed by atoms with Gasteiger partial charge >= 0.3 is 0 Å². The van der Waals surface area contributed by atoms with Crippen molar-refractivity contribution in [1.82, 2.24) is 0 Å². The maximum atomic E-state index is 14.0. The van der Waals surface area contributed by atoms with E-state index in [0.29, 0.717) is 10.6 Å². The average Bonchev–Trinajstić information content (AvgIpc) is 3.50. The Hall–Kier alpha value is -3.47. The quantitative estimate of drug-likeness (QED) is 0.481. The van der Waals surface area contributed by atoms with Crippen molar-refractivity contribution in [3.8, 4) is 6.07 Å². The lowest BCUT2D eigenvalue weighted by atomic mass is 9.90. The van der Waals surface area contributed by atoms with E-state index in [9.17, 15) is 14.9 Å². The molecule has 0 saturated carbocycles. The summed E-state index contributed by atoms with van der Waals surface area (Å²) in [4.78, 5) is 36.4. The van der Waals surface area contributed by atoms with E-state index in [0.717, 1.165) is 58.5 Å². The molecule has 1 aromatic heterocycles. The van der Waals surface area contributed by atoms with Crippen LogP contribution in [0.1, 0.15) is 51.6 Å². The van der Waals surface area contributed by atoms with Gasteiger partial charge < -0.3 is 0 Å². The van der Waals surface area contributed by atoms with Gasteiger partial charge in [0.25, 0.3) is 5.91 Å². The van der Waals surface area contributed by atoms with Gasteiger partial charge in [0.15, 0.2) is 6.10 Å². The summed E-state index contributed by atoms with van der Waals surface area (Å²) in [6.07, 6.45) is 2.87. The van der Waals surface area contributed by atoms with Gasteiger partial charge in [-0.2, -0.15) is 5.26 Å². The van der Waals surface area contributed by atoms with Crippen LogP contribution in [0.25, 0.3) is 0 Å². The average molecular weight is 484 g/mol. The highest BCUT2D eigenvalue weighted by molar-refractivity contribution is 7.17. The second kappa shape index (κ2) is 8.33. The van der Waals surface area contributed by atoms with E-state index in [4.69, 9.17) is 4.84 Å². The Labute approximate surface area is 208 Å². The first kappa shape index (κ1) is 22.0. The van der Waals surface area contributed by atoms with Crippen LogP contribution < -0.4 is 9.96 Å². The van der Waals surface area contributed by atoms with Crippen molar-refractivity contribution in [3.05, 3.63) is 81.2 Å². The van der Waals surface area contributed by atoms with Crippen LogP contribution in [0.3, 0.4) is 0 Å². The molecule has 3 atom stereocenters. The van der Waals surface area contributed by atoms with Gasteiger partial charge in [0.2, 0.25) is 5.91 Å². The second-order valence-corrected chi connectivity index (χ2v) is 10.6. The Bertz CT molecular complexity index is 1390. The van der Waals surface area contributed by atoms with Gasteiger partial charge in [-0.15, -0.1) is 11.3 Å². The largest absolute Gasteiger partial charge is 0.273 e. The summed E-state index contributed by atoms with van der Waals surface area (Å²) < 4.78 is 0. The Kier molecular flexibility index (Phi) is 5.24. The highest BCUT2D eigenvalue weighted by atomic mass is 32.1. The molecular formula is C28H25N3O3S. The topological polar surface area (TPSA) is 73.6 Å². The molecule has 3 aliphatic rings. The highest BCUT2D eigenvalue weighted by Gasteiger charge is 2.61. The van der Waals surface area contributed by atoms with Gasteiger partial charge in [0.1, 0.15) is 17.0 Å². The van der Waals surface area contributed by atoms with Crippen LogP contribution >= 0.6 is 11.3 Å². The Morgan fingerprint density at radius 2 is 1.74 bits per heavy atom. The number of hydroxylamine groups is 1. The van der Waals surface area contributed by atoms with Crippen molar-refractivity contribution in [3.63, 3.8) is 0 Å². The van der Waals surface area contributed by atoms with Crippen LogP contribution in [0.4, 0.5) is 10.7 Å². The molecule has 0 N–H and O–H groups in total. The molecule has 3 aromatic rings. The number of hydrogen-bond donors (Lipinski definition) is 0. The van der Waals surface area contributed by atoms with Crippen LogP contribution in [0.5, 0.6) is 0 Å². The predicted molar refractivity (Wildman–Crippen MR) is 134 cm³/mol. The molecule has 7 heteroatoms. The molecule has 3 unspecified atom stereocenters. The van der Waals surface area contributed by atoms with Gasteiger partial charge in [-0.3, -0.25) is 14.4 Å². The van der Waals surface area contributed by atoms with Gasteiger partial charge in [0, 0.05) is 4.88 Å². The molecule has 0 radical (unpaired) electrons. The number of imide groups is 1. The second-order valence-electron chi connectivity index (χ2n) is 9.53. The third-order valence-electron chi connectivity index (χ3n) is 7.35. The number of carbonyl (C=O) groups excluding carboxylic acids is 2. The van der Waals surface area contributed by atoms with Crippen molar-refractivity contribution in [2.24, 2.45) is 5.92 Å². The first-order valence-corrected chi connectivity index (χ1v) is 12.8. The third kappa shape index (κ3) is 3.32. The van der Waals surface area contributed by atoms with Gasteiger partial charge in [-0.1, -0.05) is 48.0 Å². The number of nitrogens with zero attached hydrogens (tertiary/aromatic N) is 3. The normalized spacial score (nSPS) is 23.4. The Morgan fingerprint density at radius 1 is 1.00 bits per heavy atom. The highest BCUT2D eigenvalue weighted by Crippen LogP contribution is 2.50. The summed E-state index contributed by atoms with van der Waals surface area (Å²) in [6.45, 7) is 4.01. The van der Waals surface area contributed by atoms with Crippen molar-refractivity contribution in [2.75, 3.05) is 9.96 Å². The summed E-state index contributed by atoms with van der Waals surface area (Å²) >= 11 is 1.42. The number of amides is 2. The zero-order chi connectivity index (χ0) is 24.3. The van der Waals surface area contributed by atoms with Crippen LogP contribution in [-0.4, -0.2) is 17.9 Å². The fraction of sp³-hybridized carbons (Fsp3) is 0.321. The number of anilines is 2. The minimum atomic E-state index is -0.931. The zero-order valence-corrected chi connectivity index (χ0v) is 20.5. The lowest BCUT2D eigenvalue weighted by Gasteiger charge is -2.29. The third-order valence-corrected chi connectivity index (χ3v) is 8.63. The van der Waals surface area contributed by atoms with E-state index in [-0.39, 0.29) is 11.8 Å². The van der Waals surface area contributed by atoms with E-state index in [1.165, 1.54) is 16.2 Å². The van der Waals surface area contributed by atoms with Gasteiger partial charge in [-0.05, 0) is 62.3 Å². The lowest BCUT2D eigenvalue weighted by Crippen LogP contribution is -2.37. The van der Waals surface area contributed by atoms with E-state index in [1.807, 2.05) is 62.4 Å². The summed E-state index contributed by atoms with van der Waals surface area (Å²) in [7, 11) is 0. The van der Waals surface area contributed by atoms with E-state index < -0.39 is 18.1 Å². The Morgan fingerprint density at radius 3 is 2.49 bits per heavy atom. The first-order valence-electron chi connectivity index (χ1n) is 12.0. The maximum absolute atomic E-state index is 14.0. The van der Waals surface area contributed by atoms with Crippen molar-refractivity contribution < 1.29 is 14.4 Å². The molecular weight excluding hydrogens is 458 g/mol. The number of nitriles is 1. The smallest absolute Gasteiger partial charge is 0.267 e. The number of aryl methyl sites for hydroxylation is 3. The molecule has 6 nitrogen and oxygen atoms in total. The molecule has 6 rings (SSSR count). The number of hydrogen-bond acceptors (Lipinski definition) is 6. The fourth-order valence-electron chi connectivity index (χ4n) is 5.56. The molecule has 2 fully saturated rings. The molecule has 2 aliphatic heterocycles. The first-order chi connectivity index (χ1) is 17.0. The molecule has 0 spiro atoms. The molecule has 2 amide bonds. The van der Waals surface area contributed by atoms with Crippen LogP contribution in [0.15, 0.2) is 48.5 Å². The number of thiophene rings is 1. The molecule has 176 valence electrons. The molecule has 2 aromatic carbocycles. The van der Waals surface area contributed by atoms with Crippen molar-refractivity contribution in [1.29, 1.82) is 5.26 Å². The van der Waals surface area contributed by atoms with E-state index in [1.54, 1.807) is 5.06 Å². The minimum absolute atomic E-state index is 0.295. The maximum Gasteiger partial charge on any atom is 0.267 e. The monoisotopic (exact) mass is 483 g/mol. The van der Waals surface area contributed by atoms with Gasteiger partial charge in [-0.25, -0.2) is 9.96 Å². The Balaban J connectivity index is 1.45. The van der Waals surface area contributed by atoms with Crippen molar-refractivity contribution >= 4 is 33.8 Å².